The maximum absolute atomic E-state index is 9.13. The largest absolute Gasteiger partial charge is 0.457 e. The first kappa shape index (κ1) is 8.73. The Labute approximate surface area is 87.1 Å². The van der Waals surface area contributed by atoms with E-state index in [1.807, 2.05) is 35.8 Å². The van der Waals surface area contributed by atoms with Crippen molar-refractivity contribution in [3.8, 4) is 6.01 Å². The minimum absolute atomic E-state index is 0.0266. The minimum atomic E-state index is -0.169. The van der Waals surface area contributed by atoms with Crippen LogP contribution in [0.2, 0.25) is 0 Å². The first-order valence-corrected chi connectivity index (χ1v) is 5.05. The minimum Gasteiger partial charge on any atom is -0.457 e. The lowest BCUT2D eigenvalue weighted by Gasteiger charge is -2.12. The zero-order valence-electron chi connectivity index (χ0n) is 8.42. The summed E-state index contributed by atoms with van der Waals surface area (Å²) >= 11 is 0. The third-order valence-corrected chi connectivity index (χ3v) is 2.95. The van der Waals surface area contributed by atoms with Crippen LogP contribution in [0, 0.1) is 0 Å². The van der Waals surface area contributed by atoms with Crippen molar-refractivity contribution < 1.29 is 9.84 Å². The van der Waals surface area contributed by atoms with Crippen LogP contribution in [0.1, 0.15) is 13.0 Å². The number of hydrogen-bond donors (Lipinski definition) is 1. The van der Waals surface area contributed by atoms with Gasteiger partial charge in [0.2, 0.25) is 0 Å². The molecule has 3 rings (SSSR count). The Morgan fingerprint density at radius 1 is 1.47 bits per heavy atom. The maximum atomic E-state index is 9.13. The molecule has 2 heterocycles. The number of benzene rings is 1. The molecule has 0 spiro atoms. The topological polar surface area (TPSA) is 47.3 Å². The van der Waals surface area contributed by atoms with E-state index >= 15 is 0 Å². The van der Waals surface area contributed by atoms with E-state index in [9.17, 15) is 0 Å². The van der Waals surface area contributed by atoms with E-state index in [-0.39, 0.29) is 18.8 Å². The normalized spacial score (nSPS) is 24.1. The van der Waals surface area contributed by atoms with Crippen molar-refractivity contribution in [1.29, 1.82) is 0 Å². The summed E-state index contributed by atoms with van der Waals surface area (Å²) < 4.78 is 7.59. The molecule has 15 heavy (non-hydrogen) atoms. The molecule has 1 aliphatic rings. The van der Waals surface area contributed by atoms with Crippen LogP contribution in [0.25, 0.3) is 11.0 Å². The van der Waals surface area contributed by atoms with E-state index in [0.717, 1.165) is 11.0 Å². The van der Waals surface area contributed by atoms with Crippen LogP contribution >= 0.6 is 0 Å². The second kappa shape index (κ2) is 2.97. The second-order valence-electron chi connectivity index (χ2n) is 3.83. The zero-order chi connectivity index (χ0) is 10.4. The molecule has 4 nitrogen and oxygen atoms in total. The van der Waals surface area contributed by atoms with E-state index in [4.69, 9.17) is 9.84 Å². The standard InChI is InChI=1S/C11H12N2O2/c1-7-10(6-14)15-11-12-8-4-2-3-5-9(8)13(7)11/h2-5,7,10,14H,6H2,1H3. The van der Waals surface area contributed by atoms with Gasteiger partial charge in [-0.2, -0.15) is 4.98 Å². The number of imidazole rings is 1. The molecule has 0 amide bonds. The molecule has 78 valence electrons. The average molecular weight is 204 g/mol. The highest BCUT2D eigenvalue weighted by Crippen LogP contribution is 2.34. The van der Waals surface area contributed by atoms with E-state index in [1.165, 1.54) is 0 Å². The Bertz CT molecular complexity index is 506. The number of aliphatic hydroxyl groups is 1. The monoisotopic (exact) mass is 204 g/mol. The number of rotatable bonds is 1. The third-order valence-electron chi connectivity index (χ3n) is 2.95. The number of ether oxygens (including phenoxy) is 1. The van der Waals surface area contributed by atoms with Crippen LogP contribution in [0.4, 0.5) is 0 Å². The lowest BCUT2D eigenvalue weighted by Crippen LogP contribution is -2.23. The van der Waals surface area contributed by atoms with Crippen molar-refractivity contribution >= 4 is 11.0 Å². The summed E-state index contributed by atoms with van der Waals surface area (Å²) in [7, 11) is 0. The van der Waals surface area contributed by atoms with Crippen molar-refractivity contribution in [3.05, 3.63) is 24.3 Å². The molecule has 2 atom stereocenters. The van der Waals surface area contributed by atoms with Crippen LogP contribution in [-0.4, -0.2) is 27.4 Å². The predicted molar refractivity (Wildman–Crippen MR) is 55.9 cm³/mol. The van der Waals surface area contributed by atoms with Crippen LogP contribution < -0.4 is 4.74 Å². The number of para-hydroxylation sites is 2. The molecule has 0 saturated carbocycles. The Morgan fingerprint density at radius 2 is 2.27 bits per heavy atom. The molecular weight excluding hydrogens is 192 g/mol. The molecule has 0 fully saturated rings. The van der Waals surface area contributed by atoms with Gasteiger partial charge in [0.15, 0.2) is 0 Å². The van der Waals surface area contributed by atoms with Gasteiger partial charge in [-0.25, -0.2) is 0 Å². The first-order valence-electron chi connectivity index (χ1n) is 5.05. The van der Waals surface area contributed by atoms with Crippen LogP contribution in [0.3, 0.4) is 0 Å². The van der Waals surface area contributed by atoms with Gasteiger partial charge in [0, 0.05) is 0 Å². The van der Waals surface area contributed by atoms with Gasteiger partial charge in [0.25, 0.3) is 6.01 Å². The van der Waals surface area contributed by atoms with Gasteiger partial charge in [-0.3, -0.25) is 4.57 Å². The van der Waals surface area contributed by atoms with Crippen molar-refractivity contribution in [2.45, 2.75) is 19.1 Å². The fraction of sp³-hybridized carbons (Fsp3) is 0.364. The van der Waals surface area contributed by atoms with E-state index in [1.54, 1.807) is 0 Å². The number of fused-ring (bicyclic) bond motifs is 3. The predicted octanol–water partition coefficient (Wildman–Crippen LogP) is 1.35. The van der Waals surface area contributed by atoms with E-state index < -0.39 is 0 Å². The Balaban J connectivity index is 2.21. The highest BCUT2D eigenvalue weighted by molar-refractivity contribution is 5.77. The Kier molecular flexibility index (Phi) is 1.73. The summed E-state index contributed by atoms with van der Waals surface area (Å²) in [5.41, 5.74) is 2.01. The first-order chi connectivity index (χ1) is 7.31. The van der Waals surface area contributed by atoms with Crippen molar-refractivity contribution in [3.63, 3.8) is 0 Å². The summed E-state index contributed by atoms with van der Waals surface area (Å²) in [4.78, 5) is 4.37. The molecule has 2 unspecified atom stereocenters. The second-order valence-corrected chi connectivity index (χ2v) is 3.83. The molecule has 2 aromatic rings. The van der Waals surface area contributed by atoms with Crippen LogP contribution in [0.5, 0.6) is 6.01 Å². The SMILES string of the molecule is CC1C(CO)Oc2nc3ccccc3n21. The molecular formula is C11H12N2O2. The number of aromatic nitrogens is 2. The molecule has 4 heteroatoms. The highest BCUT2D eigenvalue weighted by atomic mass is 16.5. The summed E-state index contributed by atoms with van der Waals surface area (Å²) in [6.07, 6.45) is -0.169. The lowest BCUT2D eigenvalue weighted by molar-refractivity contribution is 0.113. The van der Waals surface area contributed by atoms with Crippen LogP contribution in [-0.2, 0) is 0 Å². The Hall–Kier alpha value is -1.55. The van der Waals surface area contributed by atoms with Gasteiger partial charge in [-0.05, 0) is 19.1 Å². The molecule has 1 N–H and O–H groups in total. The molecule has 0 saturated heterocycles. The zero-order valence-corrected chi connectivity index (χ0v) is 8.42. The third kappa shape index (κ3) is 1.08. The fourth-order valence-corrected chi connectivity index (χ4v) is 2.09. The lowest BCUT2D eigenvalue weighted by atomic mass is 10.2. The molecule has 1 aliphatic heterocycles. The summed E-state index contributed by atoms with van der Waals surface area (Å²) in [6, 6.07) is 8.67. The van der Waals surface area contributed by atoms with Gasteiger partial charge in [0.1, 0.15) is 6.10 Å². The molecule has 1 aromatic heterocycles. The fourth-order valence-electron chi connectivity index (χ4n) is 2.09. The number of aliphatic hydroxyl groups excluding tert-OH is 1. The summed E-state index contributed by atoms with van der Waals surface area (Å²) in [5.74, 6) is 0. The van der Waals surface area contributed by atoms with Crippen molar-refractivity contribution in [2.75, 3.05) is 6.61 Å². The van der Waals surface area contributed by atoms with E-state index in [2.05, 4.69) is 4.98 Å². The average Bonchev–Trinajstić information content (AvgIpc) is 2.75. The van der Waals surface area contributed by atoms with E-state index in [0.29, 0.717) is 6.01 Å². The van der Waals surface area contributed by atoms with Crippen LogP contribution in [0.15, 0.2) is 24.3 Å². The van der Waals surface area contributed by atoms with Gasteiger partial charge in [0.05, 0.1) is 23.7 Å². The highest BCUT2D eigenvalue weighted by Gasteiger charge is 2.32. The Morgan fingerprint density at radius 3 is 3.07 bits per heavy atom. The van der Waals surface area contributed by atoms with Gasteiger partial charge < -0.3 is 9.84 Å². The molecule has 0 radical (unpaired) electrons. The van der Waals surface area contributed by atoms with Crippen molar-refractivity contribution in [1.82, 2.24) is 9.55 Å². The van der Waals surface area contributed by atoms with Gasteiger partial charge in [-0.15, -0.1) is 0 Å². The quantitative estimate of drug-likeness (QED) is 0.762. The summed E-state index contributed by atoms with van der Waals surface area (Å²) in [6.45, 7) is 2.06. The number of hydrogen-bond acceptors (Lipinski definition) is 3. The van der Waals surface area contributed by atoms with Gasteiger partial charge >= 0.3 is 0 Å². The molecule has 1 aromatic carbocycles. The summed E-state index contributed by atoms with van der Waals surface area (Å²) in [5, 5.41) is 9.13. The maximum Gasteiger partial charge on any atom is 0.298 e. The van der Waals surface area contributed by atoms with Gasteiger partial charge in [-0.1, -0.05) is 12.1 Å². The molecule has 0 bridgehead atoms. The van der Waals surface area contributed by atoms with Crippen molar-refractivity contribution in [2.24, 2.45) is 0 Å². The molecule has 0 aliphatic carbocycles. The number of nitrogens with zero attached hydrogens (tertiary/aromatic N) is 2. The smallest absolute Gasteiger partial charge is 0.298 e.